The number of carboxylic acid groups (broad SMARTS) is 3. The highest BCUT2D eigenvalue weighted by atomic mass is 16.4. The summed E-state index contributed by atoms with van der Waals surface area (Å²) in [5.41, 5.74) is 1.16. The number of aromatic amines is 1. The standard InChI is InChI=1S/C16H11NO3.C9H8O4/c18-15-12-9-5-4-8-11(12)13(14(17-15)16(19)20)10-6-2-1-3-7-10;1-5-6(8(10)11)3-2-4-7(5)9(12)13/h1-9H,(H,17,18)(H,19,20);2-4H,1H3,(H,10,11)(H,12,13). The van der Waals surface area contributed by atoms with E-state index in [9.17, 15) is 24.3 Å². The fraction of sp³-hybridized carbons (Fsp3) is 0.0400. The molecule has 8 heteroatoms. The van der Waals surface area contributed by atoms with E-state index in [4.69, 9.17) is 10.2 Å². The van der Waals surface area contributed by atoms with E-state index < -0.39 is 23.5 Å². The maximum absolute atomic E-state index is 12.0. The first-order chi connectivity index (χ1) is 15.7. The average molecular weight is 445 g/mol. The molecule has 0 saturated carbocycles. The molecule has 0 radical (unpaired) electrons. The number of nitrogens with one attached hydrogen (secondary N) is 1. The molecular weight excluding hydrogens is 426 g/mol. The SMILES string of the molecule is Cc1c(C(=O)O)cccc1C(=O)O.O=C(O)c1[nH]c(=O)c2ccccc2c1-c1ccccc1. The Morgan fingerprint density at radius 2 is 1.18 bits per heavy atom. The van der Waals surface area contributed by atoms with Gasteiger partial charge in [-0.3, -0.25) is 4.79 Å². The Kier molecular flexibility index (Phi) is 6.68. The predicted octanol–water partition coefficient (Wildman–Crippen LogP) is 4.28. The number of rotatable bonds is 4. The van der Waals surface area contributed by atoms with Crippen LogP contribution in [0.4, 0.5) is 0 Å². The van der Waals surface area contributed by atoms with Crippen molar-refractivity contribution in [2.24, 2.45) is 0 Å². The number of aromatic nitrogens is 1. The van der Waals surface area contributed by atoms with E-state index in [1.54, 1.807) is 24.3 Å². The molecule has 0 aliphatic rings. The quantitative estimate of drug-likeness (QED) is 0.367. The van der Waals surface area contributed by atoms with E-state index in [1.165, 1.54) is 25.1 Å². The molecule has 0 spiro atoms. The molecule has 33 heavy (non-hydrogen) atoms. The molecule has 0 saturated heterocycles. The molecule has 0 fully saturated rings. The van der Waals surface area contributed by atoms with E-state index >= 15 is 0 Å². The molecule has 0 bridgehead atoms. The van der Waals surface area contributed by atoms with Crippen molar-refractivity contribution in [3.63, 3.8) is 0 Å². The number of carboxylic acids is 3. The lowest BCUT2D eigenvalue weighted by molar-refractivity contribution is 0.0678. The maximum atomic E-state index is 12.0. The second kappa shape index (κ2) is 9.61. The third kappa shape index (κ3) is 4.80. The number of hydrogen-bond donors (Lipinski definition) is 4. The van der Waals surface area contributed by atoms with Crippen molar-refractivity contribution in [2.45, 2.75) is 6.92 Å². The fourth-order valence-corrected chi connectivity index (χ4v) is 3.44. The van der Waals surface area contributed by atoms with Crippen LogP contribution >= 0.6 is 0 Å². The molecule has 8 nitrogen and oxygen atoms in total. The first-order valence-electron chi connectivity index (χ1n) is 9.72. The summed E-state index contributed by atoms with van der Waals surface area (Å²) < 4.78 is 0. The summed E-state index contributed by atoms with van der Waals surface area (Å²) in [6.07, 6.45) is 0. The second-order valence-electron chi connectivity index (χ2n) is 7.01. The van der Waals surface area contributed by atoms with Gasteiger partial charge in [0.2, 0.25) is 0 Å². The average Bonchev–Trinajstić information content (AvgIpc) is 2.79. The summed E-state index contributed by atoms with van der Waals surface area (Å²) in [4.78, 5) is 47.1. The topological polar surface area (TPSA) is 145 Å². The summed E-state index contributed by atoms with van der Waals surface area (Å²) in [5, 5.41) is 27.8. The van der Waals surface area contributed by atoms with Crippen molar-refractivity contribution < 1.29 is 29.7 Å². The van der Waals surface area contributed by atoms with Crippen LogP contribution in [0.2, 0.25) is 0 Å². The van der Waals surface area contributed by atoms with Crippen LogP contribution in [-0.2, 0) is 0 Å². The zero-order valence-electron chi connectivity index (χ0n) is 17.4. The van der Waals surface area contributed by atoms with Crippen LogP contribution in [0.15, 0.2) is 77.6 Å². The molecule has 0 amide bonds. The third-order valence-corrected chi connectivity index (χ3v) is 5.00. The Morgan fingerprint density at radius 3 is 1.70 bits per heavy atom. The normalized spacial score (nSPS) is 10.2. The van der Waals surface area contributed by atoms with Gasteiger partial charge in [-0.1, -0.05) is 54.6 Å². The van der Waals surface area contributed by atoms with Crippen LogP contribution in [-0.4, -0.2) is 38.2 Å². The molecule has 1 heterocycles. The maximum Gasteiger partial charge on any atom is 0.353 e. The Bertz CT molecular complexity index is 1390. The highest BCUT2D eigenvalue weighted by Gasteiger charge is 2.17. The van der Waals surface area contributed by atoms with E-state index in [-0.39, 0.29) is 22.4 Å². The lowest BCUT2D eigenvalue weighted by Gasteiger charge is -2.10. The lowest BCUT2D eigenvalue weighted by Crippen LogP contribution is -2.15. The van der Waals surface area contributed by atoms with Crippen LogP contribution in [0.25, 0.3) is 21.9 Å². The van der Waals surface area contributed by atoms with E-state index in [0.717, 1.165) is 5.56 Å². The van der Waals surface area contributed by atoms with Gasteiger partial charge < -0.3 is 20.3 Å². The Hall–Kier alpha value is -4.72. The van der Waals surface area contributed by atoms with Gasteiger partial charge in [-0.15, -0.1) is 0 Å². The van der Waals surface area contributed by atoms with Gasteiger partial charge in [-0.25, -0.2) is 14.4 Å². The van der Waals surface area contributed by atoms with E-state index in [2.05, 4.69) is 4.98 Å². The highest BCUT2D eigenvalue weighted by molar-refractivity contribution is 6.05. The minimum atomic E-state index is -1.15. The van der Waals surface area contributed by atoms with Crippen molar-refractivity contribution in [1.29, 1.82) is 0 Å². The van der Waals surface area contributed by atoms with Gasteiger partial charge in [0.05, 0.1) is 11.1 Å². The molecule has 0 unspecified atom stereocenters. The molecule has 0 aliphatic carbocycles. The number of aromatic carboxylic acids is 3. The first-order valence-corrected chi connectivity index (χ1v) is 9.72. The number of carbonyl (C=O) groups is 3. The summed E-state index contributed by atoms with van der Waals surface area (Å²) in [6, 6.07) is 20.4. The summed E-state index contributed by atoms with van der Waals surface area (Å²) in [7, 11) is 0. The molecule has 0 aliphatic heterocycles. The van der Waals surface area contributed by atoms with Gasteiger partial charge in [-0.05, 0) is 41.6 Å². The van der Waals surface area contributed by atoms with Gasteiger partial charge >= 0.3 is 17.9 Å². The Morgan fingerprint density at radius 1 is 0.667 bits per heavy atom. The molecule has 3 aromatic carbocycles. The number of hydrogen-bond acceptors (Lipinski definition) is 4. The van der Waals surface area contributed by atoms with Crippen LogP contribution < -0.4 is 5.56 Å². The molecule has 4 aromatic rings. The molecule has 1 aromatic heterocycles. The predicted molar refractivity (Wildman–Crippen MR) is 122 cm³/mol. The molecule has 166 valence electrons. The molecule has 4 N–H and O–H groups in total. The highest BCUT2D eigenvalue weighted by Crippen LogP contribution is 2.29. The van der Waals surface area contributed by atoms with Crippen LogP contribution in [0, 0.1) is 6.92 Å². The monoisotopic (exact) mass is 445 g/mol. The van der Waals surface area contributed by atoms with Crippen LogP contribution in [0.3, 0.4) is 0 Å². The lowest BCUT2D eigenvalue weighted by atomic mass is 9.97. The minimum absolute atomic E-state index is 0.0277. The zero-order valence-corrected chi connectivity index (χ0v) is 17.4. The largest absolute Gasteiger partial charge is 0.478 e. The van der Waals surface area contributed by atoms with Crippen molar-refractivity contribution >= 4 is 28.7 Å². The second-order valence-corrected chi connectivity index (χ2v) is 7.01. The number of pyridine rings is 1. The number of fused-ring (bicyclic) bond motifs is 1. The minimum Gasteiger partial charge on any atom is -0.478 e. The van der Waals surface area contributed by atoms with E-state index in [0.29, 0.717) is 16.3 Å². The van der Waals surface area contributed by atoms with Crippen molar-refractivity contribution in [1.82, 2.24) is 4.98 Å². The van der Waals surface area contributed by atoms with Crippen LogP contribution in [0.1, 0.15) is 36.8 Å². The summed E-state index contributed by atoms with van der Waals surface area (Å²) in [5.74, 6) is -3.37. The molecular formula is C25H19NO7. The summed E-state index contributed by atoms with van der Waals surface area (Å²) >= 11 is 0. The van der Waals surface area contributed by atoms with Gasteiger partial charge in [0.25, 0.3) is 5.56 Å². The Labute approximate surface area is 187 Å². The van der Waals surface area contributed by atoms with Gasteiger partial charge in [-0.2, -0.15) is 0 Å². The molecule has 4 rings (SSSR count). The van der Waals surface area contributed by atoms with Gasteiger partial charge in [0.15, 0.2) is 0 Å². The van der Waals surface area contributed by atoms with E-state index in [1.807, 2.05) is 30.3 Å². The van der Waals surface area contributed by atoms with Gasteiger partial charge in [0, 0.05) is 10.9 Å². The smallest absolute Gasteiger partial charge is 0.353 e. The van der Waals surface area contributed by atoms with Crippen molar-refractivity contribution in [3.05, 3.63) is 106 Å². The number of benzene rings is 3. The first kappa shape index (κ1) is 23.0. The van der Waals surface area contributed by atoms with Crippen molar-refractivity contribution in [2.75, 3.05) is 0 Å². The summed E-state index contributed by atoms with van der Waals surface area (Å²) in [6.45, 7) is 1.48. The van der Waals surface area contributed by atoms with Crippen molar-refractivity contribution in [3.8, 4) is 11.1 Å². The Balaban J connectivity index is 0.000000205. The molecule has 0 atom stereocenters. The fourth-order valence-electron chi connectivity index (χ4n) is 3.44. The number of H-pyrrole nitrogens is 1. The van der Waals surface area contributed by atoms with Crippen LogP contribution in [0.5, 0.6) is 0 Å². The van der Waals surface area contributed by atoms with Gasteiger partial charge in [0.1, 0.15) is 5.69 Å². The zero-order chi connectivity index (χ0) is 24.1. The third-order valence-electron chi connectivity index (χ3n) is 5.00.